The molecule has 0 atom stereocenters. The van der Waals surface area contributed by atoms with Crippen molar-refractivity contribution in [3.05, 3.63) is 40.5 Å². The summed E-state index contributed by atoms with van der Waals surface area (Å²) < 4.78 is 7.04. The second-order valence-electron chi connectivity index (χ2n) is 6.03. The van der Waals surface area contributed by atoms with Crippen LogP contribution >= 0.6 is 11.6 Å². The molecule has 0 aliphatic rings. The van der Waals surface area contributed by atoms with Crippen LogP contribution in [0.2, 0.25) is 5.02 Å². The van der Waals surface area contributed by atoms with Gasteiger partial charge in [-0.2, -0.15) is 5.10 Å². The van der Waals surface area contributed by atoms with Gasteiger partial charge in [0, 0.05) is 24.9 Å². The zero-order valence-electron chi connectivity index (χ0n) is 14.5. The van der Waals surface area contributed by atoms with Crippen LogP contribution in [0.1, 0.15) is 48.6 Å². The molecule has 0 spiro atoms. The molecule has 0 aliphatic heterocycles. The fourth-order valence-corrected chi connectivity index (χ4v) is 2.66. The second kappa shape index (κ2) is 6.79. The van der Waals surface area contributed by atoms with Crippen molar-refractivity contribution in [2.75, 3.05) is 0 Å². The van der Waals surface area contributed by atoms with Gasteiger partial charge >= 0.3 is 0 Å². The predicted molar refractivity (Wildman–Crippen MR) is 91.4 cm³/mol. The fourth-order valence-electron chi connectivity index (χ4n) is 2.40. The Bertz CT molecular complexity index is 917. The van der Waals surface area contributed by atoms with Crippen LogP contribution in [0.5, 0.6) is 0 Å². The second-order valence-corrected chi connectivity index (χ2v) is 6.41. The Kier molecular flexibility index (Phi) is 4.71. The van der Waals surface area contributed by atoms with Gasteiger partial charge in [0.15, 0.2) is 11.3 Å². The molecule has 3 aromatic heterocycles. The molecule has 1 amide bonds. The standard InChI is InChI=1S/C16H19ClN6O2/c1-5-11-19-20-12(25-11)8-22(9(2)3)16(24)14-13(17)15-18-6-10(4)7-23(15)21-14/h6-7,9H,5,8H2,1-4H3. The first-order valence-electron chi connectivity index (χ1n) is 8.03. The number of nitrogens with zero attached hydrogens (tertiary/aromatic N) is 6. The maximum Gasteiger partial charge on any atom is 0.276 e. The van der Waals surface area contributed by atoms with Gasteiger partial charge in [-0.3, -0.25) is 4.79 Å². The molecule has 0 aromatic carbocycles. The SMILES string of the molecule is CCc1nnc(CN(C(=O)c2nn3cc(C)cnc3c2Cl)C(C)C)o1. The Morgan fingerprint density at radius 1 is 1.36 bits per heavy atom. The largest absolute Gasteiger partial charge is 0.423 e. The Hall–Kier alpha value is -2.48. The van der Waals surface area contributed by atoms with E-state index in [2.05, 4.69) is 20.3 Å². The molecule has 8 nitrogen and oxygen atoms in total. The van der Waals surface area contributed by atoms with E-state index < -0.39 is 0 Å². The van der Waals surface area contributed by atoms with E-state index in [-0.39, 0.29) is 29.2 Å². The van der Waals surface area contributed by atoms with Crippen LogP contribution < -0.4 is 0 Å². The van der Waals surface area contributed by atoms with Gasteiger partial charge in [-0.25, -0.2) is 9.50 Å². The molecule has 0 unspecified atom stereocenters. The summed E-state index contributed by atoms with van der Waals surface area (Å²) in [6.45, 7) is 7.82. The first-order chi connectivity index (χ1) is 11.9. The van der Waals surface area contributed by atoms with E-state index in [4.69, 9.17) is 16.0 Å². The van der Waals surface area contributed by atoms with Crippen molar-refractivity contribution in [3.8, 4) is 0 Å². The van der Waals surface area contributed by atoms with E-state index in [9.17, 15) is 4.79 Å². The molecule has 0 radical (unpaired) electrons. The molecule has 0 N–H and O–H groups in total. The van der Waals surface area contributed by atoms with E-state index in [1.807, 2.05) is 27.7 Å². The average Bonchev–Trinajstić information content (AvgIpc) is 3.16. The van der Waals surface area contributed by atoms with Crippen LogP contribution in [0.15, 0.2) is 16.8 Å². The topological polar surface area (TPSA) is 89.4 Å². The molecule has 0 saturated carbocycles. The first kappa shape index (κ1) is 17.3. The van der Waals surface area contributed by atoms with Gasteiger partial charge < -0.3 is 9.32 Å². The van der Waals surface area contributed by atoms with Crippen molar-refractivity contribution in [1.29, 1.82) is 0 Å². The van der Waals surface area contributed by atoms with Gasteiger partial charge in [-0.15, -0.1) is 10.2 Å². The summed E-state index contributed by atoms with van der Waals surface area (Å²) >= 11 is 6.34. The Balaban J connectivity index is 1.94. The maximum absolute atomic E-state index is 13.0. The zero-order chi connectivity index (χ0) is 18.1. The minimum atomic E-state index is -0.306. The van der Waals surface area contributed by atoms with Crippen molar-refractivity contribution < 1.29 is 9.21 Å². The summed E-state index contributed by atoms with van der Waals surface area (Å²) in [6.07, 6.45) is 4.10. The lowest BCUT2D eigenvalue weighted by Gasteiger charge is -2.24. The molecule has 0 saturated heterocycles. The van der Waals surface area contributed by atoms with Gasteiger partial charge in [-0.05, 0) is 26.3 Å². The van der Waals surface area contributed by atoms with Crippen LogP contribution in [0.25, 0.3) is 5.65 Å². The van der Waals surface area contributed by atoms with Crippen LogP contribution in [-0.4, -0.2) is 41.6 Å². The number of rotatable bonds is 5. The van der Waals surface area contributed by atoms with Crippen molar-refractivity contribution in [1.82, 2.24) is 29.7 Å². The number of amides is 1. The molecular formula is C16H19ClN6O2. The van der Waals surface area contributed by atoms with Gasteiger partial charge in [0.2, 0.25) is 11.8 Å². The molecule has 9 heteroatoms. The lowest BCUT2D eigenvalue weighted by atomic mass is 10.2. The van der Waals surface area contributed by atoms with Gasteiger partial charge in [0.25, 0.3) is 5.91 Å². The van der Waals surface area contributed by atoms with E-state index >= 15 is 0 Å². The average molecular weight is 363 g/mol. The van der Waals surface area contributed by atoms with E-state index in [1.54, 1.807) is 17.3 Å². The summed E-state index contributed by atoms with van der Waals surface area (Å²) in [4.78, 5) is 18.8. The summed E-state index contributed by atoms with van der Waals surface area (Å²) in [5, 5.41) is 12.4. The number of halogens is 1. The maximum atomic E-state index is 13.0. The Labute approximate surface area is 149 Å². The normalized spacial score (nSPS) is 11.4. The fraction of sp³-hybridized carbons (Fsp3) is 0.438. The van der Waals surface area contributed by atoms with E-state index in [1.165, 1.54) is 4.52 Å². The molecule has 132 valence electrons. The summed E-state index contributed by atoms with van der Waals surface area (Å²) in [7, 11) is 0. The number of fused-ring (bicyclic) bond motifs is 1. The first-order valence-corrected chi connectivity index (χ1v) is 8.41. The minimum absolute atomic E-state index is 0.0972. The quantitative estimate of drug-likeness (QED) is 0.693. The van der Waals surface area contributed by atoms with Crippen LogP contribution in [-0.2, 0) is 13.0 Å². The number of hydrogen-bond donors (Lipinski definition) is 0. The van der Waals surface area contributed by atoms with Crippen LogP contribution in [0.4, 0.5) is 0 Å². The van der Waals surface area contributed by atoms with Gasteiger partial charge in [-0.1, -0.05) is 18.5 Å². The molecule has 0 bridgehead atoms. The third-order valence-corrected chi connectivity index (χ3v) is 4.10. The van der Waals surface area contributed by atoms with Crippen molar-refractivity contribution in [3.63, 3.8) is 0 Å². The Morgan fingerprint density at radius 2 is 2.08 bits per heavy atom. The predicted octanol–water partition coefficient (Wildman–Crippen LogP) is 2.69. The number of aryl methyl sites for hydroxylation is 2. The monoisotopic (exact) mass is 362 g/mol. The summed E-state index contributed by atoms with van der Waals surface area (Å²) in [5.74, 6) is 0.615. The molecule has 0 fully saturated rings. The van der Waals surface area contributed by atoms with Crippen molar-refractivity contribution in [2.24, 2.45) is 0 Å². The molecular weight excluding hydrogens is 344 g/mol. The van der Waals surface area contributed by atoms with E-state index in [0.717, 1.165) is 5.56 Å². The van der Waals surface area contributed by atoms with Crippen molar-refractivity contribution >= 4 is 23.2 Å². The van der Waals surface area contributed by atoms with E-state index in [0.29, 0.717) is 23.8 Å². The smallest absolute Gasteiger partial charge is 0.276 e. The number of hydrogen-bond acceptors (Lipinski definition) is 6. The zero-order valence-corrected chi connectivity index (χ0v) is 15.3. The lowest BCUT2D eigenvalue weighted by Crippen LogP contribution is -2.37. The van der Waals surface area contributed by atoms with Crippen LogP contribution in [0.3, 0.4) is 0 Å². The highest BCUT2D eigenvalue weighted by molar-refractivity contribution is 6.36. The Morgan fingerprint density at radius 3 is 2.72 bits per heavy atom. The lowest BCUT2D eigenvalue weighted by molar-refractivity contribution is 0.0665. The molecule has 3 aromatic rings. The highest BCUT2D eigenvalue weighted by atomic mass is 35.5. The number of aromatic nitrogens is 5. The highest BCUT2D eigenvalue weighted by Gasteiger charge is 2.27. The molecule has 3 rings (SSSR count). The third kappa shape index (κ3) is 3.34. The van der Waals surface area contributed by atoms with Crippen LogP contribution in [0, 0.1) is 6.92 Å². The van der Waals surface area contributed by atoms with Crippen molar-refractivity contribution in [2.45, 2.75) is 46.7 Å². The number of carbonyl (C=O) groups is 1. The molecule has 3 heterocycles. The molecule has 0 aliphatic carbocycles. The third-order valence-electron chi connectivity index (χ3n) is 3.75. The summed E-state index contributed by atoms with van der Waals surface area (Å²) in [6, 6.07) is -0.0972. The van der Waals surface area contributed by atoms with Gasteiger partial charge in [0.1, 0.15) is 5.02 Å². The van der Waals surface area contributed by atoms with Gasteiger partial charge in [0.05, 0.1) is 6.54 Å². The summed E-state index contributed by atoms with van der Waals surface area (Å²) in [5.41, 5.74) is 1.53. The minimum Gasteiger partial charge on any atom is -0.423 e. The highest BCUT2D eigenvalue weighted by Crippen LogP contribution is 2.23. The molecule has 25 heavy (non-hydrogen) atoms. The number of carbonyl (C=O) groups excluding carboxylic acids is 1.